The quantitative estimate of drug-likeness (QED) is 0.693. The van der Waals surface area contributed by atoms with Crippen molar-refractivity contribution in [3.63, 3.8) is 0 Å². The van der Waals surface area contributed by atoms with Crippen LogP contribution in [0.5, 0.6) is 0 Å². The first kappa shape index (κ1) is 9.41. The third-order valence-corrected chi connectivity index (χ3v) is 3.13. The maximum absolute atomic E-state index is 13.1. The summed E-state index contributed by atoms with van der Waals surface area (Å²) in [5, 5.41) is 3.35. The second-order valence-electron chi connectivity index (χ2n) is 4.36. The standard InChI is InChI=1S/C10H19FN2/c11-10-2-1-5-13(8-10)7-9-3-4-12-6-9/h9-10,12H,1-8H2/t9-,10?/m0/s1. The summed E-state index contributed by atoms with van der Waals surface area (Å²) in [7, 11) is 0. The van der Waals surface area contributed by atoms with Crippen LogP contribution in [0.2, 0.25) is 0 Å². The van der Waals surface area contributed by atoms with Crippen LogP contribution in [0.4, 0.5) is 4.39 Å². The minimum absolute atomic E-state index is 0.567. The number of piperidine rings is 1. The summed E-state index contributed by atoms with van der Waals surface area (Å²) in [6, 6.07) is 0. The van der Waals surface area contributed by atoms with Crippen LogP contribution in [0.15, 0.2) is 0 Å². The van der Waals surface area contributed by atoms with Gasteiger partial charge in [0.25, 0.3) is 0 Å². The molecular formula is C10H19FN2. The largest absolute Gasteiger partial charge is 0.316 e. The van der Waals surface area contributed by atoms with Crippen LogP contribution in [-0.4, -0.2) is 43.8 Å². The van der Waals surface area contributed by atoms with E-state index in [0.717, 1.165) is 44.9 Å². The zero-order valence-electron chi connectivity index (χ0n) is 8.14. The first-order valence-corrected chi connectivity index (χ1v) is 5.42. The second-order valence-corrected chi connectivity index (χ2v) is 4.36. The van der Waals surface area contributed by atoms with Crippen LogP contribution in [0.25, 0.3) is 0 Å². The maximum atomic E-state index is 13.1. The predicted molar refractivity (Wildman–Crippen MR) is 51.5 cm³/mol. The number of likely N-dealkylation sites (tertiary alicyclic amines) is 1. The van der Waals surface area contributed by atoms with E-state index < -0.39 is 6.17 Å². The minimum Gasteiger partial charge on any atom is -0.316 e. The van der Waals surface area contributed by atoms with Gasteiger partial charge >= 0.3 is 0 Å². The number of hydrogen-bond donors (Lipinski definition) is 1. The smallest absolute Gasteiger partial charge is 0.113 e. The molecule has 1 unspecified atom stereocenters. The fourth-order valence-corrected chi connectivity index (χ4v) is 2.40. The van der Waals surface area contributed by atoms with Crippen LogP contribution in [0.1, 0.15) is 19.3 Å². The van der Waals surface area contributed by atoms with Gasteiger partial charge in [0.2, 0.25) is 0 Å². The highest BCUT2D eigenvalue weighted by atomic mass is 19.1. The lowest BCUT2D eigenvalue weighted by Gasteiger charge is -2.30. The van der Waals surface area contributed by atoms with E-state index in [1.54, 1.807) is 0 Å². The Morgan fingerprint density at radius 3 is 3.00 bits per heavy atom. The Labute approximate surface area is 79.5 Å². The lowest BCUT2D eigenvalue weighted by molar-refractivity contribution is 0.125. The zero-order chi connectivity index (χ0) is 9.10. The first-order valence-electron chi connectivity index (χ1n) is 5.42. The maximum Gasteiger partial charge on any atom is 0.113 e. The van der Waals surface area contributed by atoms with Crippen LogP contribution >= 0.6 is 0 Å². The van der Waals surface area contributed by atoms with Crippen LogP contribution in [0.3, 0.4) is 0 Å². The van der Waals surface area contributed by atoms with Crippen LogP contribution in [0, 0.1) is 5.92 Å². The van der Waals surface area contributed by atoms with Gasteiger partial charge in [-0.25, -0.2) is 4.39 Å². The Balaban J connectivity index is 1.73. The molecule has 0 saturated carbocycles. The zero-order valence-corrected chi connectivity index (χ0v) is 8.14. The second kappa shape index (κ2) is 4.38. The van der Waals surface area contributed by atoms with Gasteiger partial charge in [0, 0.05) is 13.1 Å². The molecule has 0 bridgehead atoms. The molecule has 76 valence electrons. The molecule has 0 radical (unpaired) electrons. The van der Waals surface area contributed by atoms with Crippen molar-refractivity contribution in [1.29, 1.82) is 0 Å². The summed E-state index contributed by atoms with van der Waals surface area (Å²) >= 11 is 0. The van der Waals surface area contributed by atoms with E-state index in [2.05, 4.69) is 10.2 Å². The Morgan fingerprint density at radius 1 is 1.38 bits per heavy atom. The molecule has 2 rings (SSSR count). The third-order valence-electron chi connectivity index (χ3n) is 3.13. The lowest BCUT2D eigenvalue weighted by atomic mass is 10.0. The summed E-state index contributed by atoms with van der Waals surface area (Å²) in [4.78, 5) is 2.30. The van der Waals surface area contributed by atoms with Crippen molar-refractivity contribution in [3.05, 3.63) is 0 Å². The van der Waals surface area contributed by atoms with Gasteiger partial charge in [0.05, 0.1) is 0 Å². The highest BCUT2D eigenvalue weighted by Gasteiger charge is 2.23. The first-order chi connectivity index (χ1) is 6.34. The third kappa shape index (κ3) is 2.64. The van der Waals surface area contributed by atoms with Crippen molar-refractivity contribution in [2.45, 2.75) is 25.4 Å². The Bertz CT molecular complexity index is 157. The molecule has 0 aromatic heterocycles. The van der Waals surface area contributed by atoms with E-state index in [0.29, 0.717) is 6.54 Å². The summed E-state index contributed by atoms with van der Waals surface area (Å²) in [6.07, 6.45) is 2.52. The van der Waals surface area contributed by atoms with Crippen molar-refractivity contribution in [2.24, 2.45) is 5.92 Å². The normalized spacial score (nSPS) is 36.7. The average molecular weight is 186 g/mol. The van der Waals surface area contributed by atoms with Crippen molar-refractivity contribution < 1.29 is 4.39 Å². The van der Waals surface area contributed by atoms with Crippen molar-refractivity contribution in [1.82, 2.24) is 10.2 Å². The van der Waals surface area contributed by atoms with Gasteiger partial charge in [0.1, 0.15) is 6.17 Å². The molecule has 2 fully saturated rings. The number of alkyl halides is 1. The molecule has 0 aliphatic carbocycles. The van der Waals surface area contributed by atoms with Gasteiger partial charge in [-0.05, 0) is 44.8 Å². The van der Waals surface area contributed by atoms with Crippen molar-refractivity contribution >= 4 is 0 Å². The van der Waals surface area contributed by atoms with Gasteiger partial charge in [-0.15, -0.1) is 0 Å². The average Bonchev–Trinajstić information content (AvgIpc) is 2.57. The number of nitrogens with zero attached hydrogens (tertiary/aromatic N) is 1. The lowest BCUT2D eigenvalue weighted by Crippen LogP contribution is -2.39. The highest BCUT2D eigenvalue weighted by Crippen LogP contribution is 2.16. The molecule has 0 spiro atoms. The van der Waals surface area contributed by atoms with Gasteiger partial charge in [-0.1, -0.05) is 0 Å². The Morgan fingerprint density at radius 2 is 2.31 bits per heavy atom. The highest BCUT2D eigenvalue weighted by molar-refractivity contribution is 4.78. The van der Waals surface area contributed by atoms with E-state index in [4.69, 9.17) is 0 Å². The number of rotatable bonds is 2. The minimum atomic E-state index is -0.567. The summed E-state index contributed by atoms with van der Waals surface area (Å²) in [5.74, 6) is 0.769. The molecule has 0 amide bonds. The molecule has 2 heterocycles. The van der Waals surface area contributed by atoms with E-state index in [-0.39, 0.29) is 0 Å². The molecule has 3 heteroatoms. The predicted octanol–water partition coefficient (Wildman–Crippen LogP) is 1.03. The number of hydrogen-bond acceptors (Lipinski definition) is 2. The summed E-state index contributed by atoms with van der Waals surface area (Å²) in [6.45, 7) is 5.17. The van der Waals surface area contributed by atoms with Crippen LogP contribution < -0.4 is 5.32 Å². The van der Waals surface area contributed by atoms with E-state index in [1.165, 1.54) is 6.42 Å². The van der Waals surface area contributed by atoms with Gasteiger partial charge in [-0.2, -0.15) is 0 Å². The molecule has 2 saturated heterocycles. The topological polar surface area (TPSA) is 15.3 Å². The molecular weight excluding hydrogens is 167 g/mol. The summed E-state index contributed by atoms with van der Waals surface area (Å²) < 4.78 is 13.1. The van der Waals surface area contributed by atoms with Gasteiger partial charge in [-0.3, -0.25) is 0 Å². The molecule has 13 heavy (non-hydrogen) atoms. The van der Waals surface area contributed by atoms with E-state index in [9.17, 15) is 4.39 Å². The fraction of sp³-hybridized carbons (Fsp3) is 1.00. The van der Waals surface area contributed by atoms with Crippen molar-refractivity contribution in [2.75, 3.05) is 32.7 Å². The number of halogens is 1. The molecule has 2 aliphatic rings. The molecule has 2 nitrogen and oxygen atoms in total. The monoisotopic (exact) mass is 186 g/mol. The van der Waals surface area contributed by atoms with Crippen molar-refractivity contribution in [3.8, 4) is 0 Å². The Kier molecular flexibility index (Phi) is 3.17. The van der Waals surface area contributed by atoms with Crippen LogP contribution in [-0.2, 0) is 0 Å². The van der Waals surface area contributed by atoms with E-state index >= 15 is 0 Å². The summed E-state index contributed by atoms with van der Waals surface area (Å²) in [5.41, 5.74) is 0. The van der Waals surface area contributed by atoms with Gasteiger partial charge in [0.15, 0.2) is 0 Å². The molecule has 1 N–H and O–H groups in total. The number of nitrogens with one attached hydrogen (secondary N) is 1. The fourth-order valence-electron chi connectivity index (χ4n) is 2.40. The molecule has 2 atom stereocenters. The molecule has 0 aromatic rings. The van der Waals surface area contributed by atoms with Gasteiger partial charge < -0.3 is 10.2 Å². The molecule has 0 aromatic carbocycles. The SMILES string of the molecule is FC1CCCN(C[C@H]2CCNC2)C1. The molecule has 2 aliphatic heterocycles. The Hall–Kier alpha value is -0.150. The van der Waals surface area contributed by atoms with E-state index in [1.807, 2.05) is 0 Å².